The van der Waals surface area contributed by atoms with Gasteiger partial charge in [-0.05, 0) is 31.5 Å². The van der Waals surface area contributed by atoms with Crippen molar-refractivity contribution in [3.63, 3.8) is 0 Å². The fourth-order valence-corrected chi connectivity index (χ4v) is 1.40. The van der Waals surface area contributed by atoms with Crippen molar-refractivity contribution in [2.45, 2.75) is 26.1 Å². The van der Waals surface area contributed by atoms with Crippen LogP contribution in [0.15, 0.2) is 24.3 Å². The molecule has 0 bridgehead atoms. The summed E-state index contributed by atoms with van der Waals surface area (Å²) >= 11 is 0. The van der Waals surface area contributed by atoms with E-state index in [1.807, 2.05) is 13.8 Å². The lowest BCUT2D eigenvalue weighted by atomic mass is 10.1. The van der Waals surface area contributed by atoms with Gasteiger partial charge in [0.15, 0.2) is 0 Å². The summed E-state index contributed by atoms with van der Waals surface area (Å²) in [5.41, 5.74) is 7.07. The second kappa shape index (κ2) is 7.27. The molecule has 17 heavy (non-hydrogen) atoms. The minimum absolute atomic E-state index is 0.0154. The van der Waals surface area contributed by atoms with Gasteiger partial charge in [-0.25, -0.2) is 0 Å². The van der Waals surface area contributed by atoms with Crippen molar-refractivity contribution in [2.24, 2.45) is 0 Å². The van der Waals surface area contributed by atoms with Gasteiger partial charge < -0.3 is 20.3 Å². The van der Waals surface area contributed by atoms with E-state index in [0.29, 0.717) is 18.9 Å². The van der Waals surface area contributed by atoms with Crippen LogP contribution in [-0.4, -0.2) is 31.0 Å². The van der Waals surface area contributed by atoms with E-state index in [1.165, 1.54) is 0 Å². The van der Waals surface area contributed by atoms with Crippen LogP contribution in [0.5, 0.6) is 0 Å². The molecule has 0 radical (unpaired) electrons. The van der Waals surface area contributed by atoms with E-state index in [4.69, 9.17) is 15.2 Å². The van der Waals surface area contributed by atoms with E-state index in [2.05, 4.69) is 0 Å². The molecule has 0 saturated carbocycles. The van der Waals surface area contributed by atoms with Gasteiger partial charge in [-0.15, -0.1) is 0 Å². The minimum atomic E-state index is -0.625. The first-order valence-corrected chi connectivity index (χ1v) is 5.86. The molecule has 0 heterocycles. The molecule has 3 N–H and O–H groups in total. The van der Waals surface area contributed by atoms with Gasteiger partial charge in [0.2, 0.25) is 0 Å². The highest BCUT2D eigenvalue weighted by Gasteiger charge is 2.10. The zero-order valence-corrected chi connectivity index (χ0v) is 10.4. The van der Waals surface area contributed by atoms with Gasteiger partial charge >= 0.3 is 0 Å². The molecule has 0 fully saturated rings. The Morgan fingerprint density at radius 2 is 1.88 bits per heavy atom. The smallest absolute Gasteiger partial charge is 0.102 e. The second-order valence-corrected chi connectivity index (χ2v) is 3.99. The van der Waals surface area contributed by atoms with Gasteiger partial charge in [0.05, 0.1) is 19.3 Å². The molecule has 1 aromatic rings. The van der Waals surface area contributed by atoms with E-state index in [-0.39, 0.29) is 12.7 Å². The fourth-order valence-electron chi connectivity index (χ4n) is 1.40. The molecule has 2 atom stereocenters. The number of aliphatic hydroxyl groups excluding tert-OH is 1. The van der Waals surface area contributed by atoms with Crippen molar-refractivity contribution in [1.82, 2.24) is 0 Å². The van der Waals surface area contributed by atoms with Gasteiger partial charge in [-0.2, -0.15) is 0 Å². The average molecular weight is 239 g/mol. The molecule has 0 spiro atoms. The van der Waals surface area contributed by atoms with Crippen LogP contribution < -0.4 is 5.73 Å². The van der Waals surface area contributed by atoms with Crippen LogP contribution >= 0.6 is 0 Å². The van der Waals surface area contributed by atoms with Crippen LogP contribution in [0.4, 0.5) is 5.69 Å². The molecule has 2 unspecified atom stereocenters. The van der Waals surface area contributed by atoms with E-state index < -0.39 is 6.10 Å². The molecule has 1 aromatic carbocycles. The molecular formula is C13H21NO3. The average Bonchev–Trinajstić information content (AvgIpc) is 2.34. The lowest BCUT2D eigenvalue weighted by Crippen LogP contribution is -2.19. The third kappa shape index (κ3) is 5.17. The molecule has 0 aliphatic carbocycles. The molecule has 96 valence electrons. The fraction of sp³-hybridized carbons (Fsp3) is 0.538. The third-order valence-electron chi connectivity index (χ3n) is 2.42. The predicted molar refractivity (Wildman–Crippen MR) is 67.7 cm³/mol. The highest BCUT2D eigenvalue weighted by atomic mass is 16.5. The van der Waals surface area contributed by atoms with Gasteiger partial charge in [0, 0.05) is 12.3 Å². The summed E-state index contributed by atoms with van der Waals surface area (Å²) in [6, 6.07) is 7.14. The van der Waals surface area contributed by atoms with E-state index >= 15 is 0 Å². The molecule has 0 aromatic heterocycles. The summed E-state index contributed by atoms with van der Waals surface area (Å²) in [6.07, 6.45) is -0.641. The summed E-state index contributed by atoms with van der Waals surface area (Å²) < 4.78 is 10.7. The largest absolute Gasteiger partial charge is 0.399 e. The third-order valence-corrected chi connectivity index (χ3v) is 2.42. The van der Waals surface area contributed by atoms with Crippen LogP contribution in [0, 0.1) is 0 Å². The maximum atomic E-state index is 9.88. The zero-order chi connectivity index (χ0) is 12.7. The Labute approximate surface area is 102 Å². The van der Waals surface area contributed by atoms with E-state index in [0.717, 1.165) is 5.56 Å². The molecule has 4 nitrogen and oxygen atoms in total. The Morgan fingerprint density at radius 3 is 2.47 bits per heavy atom. The number of benzene rings is 1. The van der Waals surface area contributed by atoms with Crippen LogP contribution in [0.1, 0.15) is 25.5 Å². The van der Waals surface area contributed by atoms with E-state index in [1.54, 1.807) is 24.3 Å². The number of hydrogen-bond acceptors (Lipinski definition) is 4. The van der Waals surface area contributed by atoms with Crippen molar-refractivity contribution in [3.8, 4) is 0 Å². The quantitative estimate of drug-likeness (QED) is 0.711. The maximum Gasteiger partial charge on any atom is 0.102 e. The van der Waals surface area contributed by atoms with Crippen molar-refractivity contribution < 1.29 is 14.6 Å². The first kappa shape index (κ1) is 14.0. The zero-order valence-electron chi connectivity index (χ0n) is 10.4. The van der Waals surface area contributed by atoms with Gasteiger partial charge in [-0.3, -0.25) is 0 Å². The number of aliphatic hydroxyl groups is 1. The molecular weight excluding hydrogens is 218 g/mol. The summed E-state index contributed by atoms with van der Waals surface area (Å²) in [4.78, 5) is 0. The Balaban J connectivity index is 2.34. The summed E-state index contributed by atoms with van der Waals surface area (Å²) in [5, 5.41) is 9.88. The SMILES string of the molecule is CCOCC(C)OCC(O)c1ccc(N)cc1. The molecule has 0 aliphatic heterocycles. The first-order chi connectivity index (χ1) is 8.13. The number of hydrogen-bond donors (Lipinski definition) is 2. The molecule has 1 rings (SSSR count). The van der Waals surface area contributed by atoms with Gasteiger partial charge in [0.1, 0.15) is 6.10 Å². The number of nitrogens with two attached hydrogens (primary N) is 1. The van der Waals surface area contributed by atoms with Crippen LogP contribution in [0.3, 0.4) is 0 Å². The van der Waals surface area contributed by atoms with Crippen molar-refractivity contribution in [3.05, 3.63) is 29.8 Å². The maximum absolute atomic E-state index is 9.88. The lowest BCUT2D eigenvalue weighted by molar-refractivity contribution is -0.0395. The Kier molecular flexibility index (Phi) is 5.97. The molecule has 0 saturated heterocycles. The minimum Gasteiger partial charge on any atom is -0.399 e. The number of anilines is 1. The molecule has 4 heteroatoms. The highest BCUT2D eigenvalue weighted by Crippen LogP contribution is 2.15. The molecule has 0 amide bonds. The Hall–Kier alpha value is -1.10. The summed E-state index contributed by atoms with van der Waals surface area (Å²) in [5.74, 6) is 0. The van der Waals surface area contributed by atoms with E-state index in [9.17, 15) is 5.11 Å². The standard InChI is InChI=1S/C13H21NO3/c1-3-16-8-10(2)17-9-13(15)11-4-6-12(14)7-5-11/h4-7,10,13,15H,3,8-9,14H2,1-2H3. The van der Waals surface area contributed by atoms with Gasteiger partial charge in [0.25, 0.3) is 0 Å². The number of ether oxygens (including phenoxy) is 2. The Bertz CT molecular complexity index is 313. The lowest BCUT2D eigenvalue weighted by Gasteiger charge is -2.16. The topological polar surface area (TPSA) is 64.7 Å². The van der Waals surface area contributed by atoms with Crippen LogP contribution in [0.2, 0.25) is 0 Å². The first-order valence-electron chi connectivity index (χ1n) is 5.86. The van der Waals surface area contributed by atoms with Crippen LogP contribution in [0.25, 0.3) is 0 Å². The number of rotatable bonds is 7. The second-order valence-electron chi connectivity index (χ2n) is 3.99. The van der Waals surface area contributed by atoms with Crippen LogP contribution in [-0.2, 0) is 9.47 Å². The number of nitrogen functional groups attached to an aromatic ring is 1. The molecule has 0 aliphatic rings. The van der Waals surface area contributed by atoms with Gasteiger partial charge in [-0.1, -0.05) is 12.1 Å². The highest BCUT2D eigenvalue weighted by molar-refractivity contribution is 5.39. The summed E-state index contributed by atoms with van der Waals surface area (Å²) in [6.45, 7) is 5.35. The monoisotopic (exact) mass is 239 g/mol. The predicted octanol–water partition coefficient (Wildman–Crippen LogP) is 1.74. The normalized spacial score (nSPS) is 14.5. The van der Waals surface area contributed by atoms with Crippen molar-refractivity contribution in [2.75, 3.05) is 25.6 Å². The summed E-state index contributed by atoms with van der Waals surface area (Å²) in [7, 11) is 0. The Morgan fingerprint density at radius 1 is 1.24 bits per heavy atom. The van der Waals surface area contributed by atoms with Crippen molar-refractivity contribution >= 4 is 5.69 Å². The van der Waals surface area contributed by atoms with Crippen molar-refractivity contribution in [1.29, 1.82) is 0 Å².